The van der Waals surface area contributed by atoms with Crippen LogP contribution in [0.15, 0.2) is 57.6 Å². The number of nitrogens with one attached hydrogen (secondary N) is 1. The maximum atomic E-state index is 6.14. The van der Waals surface area contributed by atoms with E-state index in [4.69, 9.17) is 14.1 Å². The molecule has 2 aromatic carbocycles. The quantitative estimate of drug-likeness (QED) is 0.310. The van der Waals surface area contributed by atoms with Crippen LogP contribution in [0.3, 0.4) is 0 Å². The van der Waals surface area contributed by atoms with E-state index >= 15 is 0 Å². The van der Waals surface area contributed by atoms with Crippen molar-refractivity contribution in [2.45, 2.75) is 32.9 Å². The summed E-state index contributed by atoms with van der Waals surface area (Å²) in [6, 6.07) is 14.0. The molecule has 0 fully saturated rings. The van der Waals surface area contributed by atoms with Crippen LogP contribution in [0.25, 0.3) is 38.6 Å². The Bertz CT molecular complexity index is 1700. The van der Waals surface area contributed by atoms with E-state index in [2.05, 4.69) is 51.7 Å². The molecule has 0 spiro atoms. The van der Waals surface area contributed by atoms with Gasteiger partial charge in [-0.05, 0) is 62.6 Å². The first-order chi connectivity index (χ1) is 17.6. The monoisotopic (exact) mass is 512 g/mol. The zero-order chi connectivity index (χ0) is 24.2. The maximum Gasteiger partial charge on any atom is 0.277 e. The fraction of sp³-hybridized carbons (Fsp3) is 0.192. The fourth-order valence-electron chi connectivity index (χ4n) is 4.27. The van der Waals surface area contributed by atoms with Gasteiger partial charge in [0.05, 0.1) is 20.8 Å². The molecule has 0 saturated carbocycles. The molecule has 0 saturated heterocycles. The van der Waals surface area contributed by atoms with Gasteiger partial charge >= 0.3 is 0 Å². The average molecular weight is 513 g/mol. The summed E-state index contributed by atoms with van der Waals surface area (Å²) in [7, 11) is 0. The van der Waals surface area contributed by atoms with Gasteiger partial charge in [-0.25, -0.2) is 9.97 Å². The topological polar surface area (TPSA) is 98.3 Å². The number of allylic oxidation sites excluding steroid dienone is 1. The summed E-state index contributed by atoms with van der Waals surface area (Å²) in [6.07, 6.45) is 3.79. The first kappa shape index (κ1) is 21.4. The highest BCUT2D eigenvalue weighted by Crippen LogP contribution is 2.34. The van der Waals surface area contributed by atoms with Gasteiger partial charge in [0.2, 0.25) is 12.1 Å². The summed E-state index contributed by atoms with van der Waals surface area (Å²) in [5.41, 5.74) is 9.39. The molecule has 1 atom stereocenters. The van der Waals surface area contributed by atoms with Gasteiger partial charge in [0.25, 0.3) is 11.8 Å². The number of aromatic nitrogens is 4. The Morgan fingerprint density at radius 2 is 1.86 bits per heavy atom. The highest BCUT2D eigenvalue weighted by atomic mass is 32.1. The zero-order valence-corrected chi connectivity index (χ0v) is 21.1. The minimum Gasteiger partial charge on any atom is -0.445 e. The van der Waals surface area contributed by atoms with Gasteiger partial charge in [-0.1, -0.05) is 23.8 Å². The van der Waals surface area contributed by atoms with Crippen LogP contribution in [0, 0.1) is 6.92 Å². The van der Waals surface area contributed by atoms with Crippen molar-refractivity contribution in [3.63, 3.8) is 0 Å². The average Bonchev–Trinajstić information content (AvgIpc) is 3.68. The van der Waals surface area contributed by atoms with Crippen LogP contribution in [-0.2, 0) is 11.2 Å². The lowest BCUT2D eigenvalue weighted by Gasteiger charge is -2.11. The second kappa shape index (κ2) is 8.35. The molecule has 3 aromatic heterocycles. The lowest BCUT2D eigenvalue weighted by molar-refractivity contribution is 0.192. The Hall–Kier alpha value is -3.89. The highest BCUT2D eigenvalue weighted by Gasteiger charge is 2.27. The molecule has 5 aromatic rings. The third-order valence-electron chi connectivity index (χ3n) is 6.15. The van der Waals surface area contributed by atoms with Crippen molar-refractivity contribution in [2.24, 2.45) is 5.10 Å². The van der Waals surface area contributed by atoms with Crippen molar-refractivity contribution in [3.05, 3.63) is 74.7 Å². The third-order valence-corrected chi connectivity index (χ3v) is 8.18. The van der Waals surface area contributed by atoms with Crippen molar-refractivity contribution in [2.75, 3.05) is 0 Å². The second-order valence-electron chi connectivity index (χ2n) is 8.89. The zero-order valence-electron chi connectivity index (χ0n) is 19.5. The van der Waals surface area contributed by atoms with Crippen LogP contribution in [0.1, 0.15) is 46.3 Å². The lowest BCUT2D eigenvalue weighted by atomic mass is 10.0. The predicted molar refractivity (Wildman–Crippen MR) is 141 cm³/mol. The Balaban J connectivity index is 1.11. The van der Waals surface area contributed by atoms with Gasteiger partial charge in [-0.15, -0.1) is 38.0 Å². The van der Waals surface area contributed by atoms with Crippen LogP contribution >= 0.6 is 22.7 Å². The van der Waals surface area contributed by atoms with Crippen LogP contribution in [-0.4, -0.2) is 26.1 Å². The molecule has 0 amide bonds. The van der Waals surface area contributed by atoms with Gasteiger partial charge in [0, 0.05) is 11.1 Å². The Morgan fingerprint density at radius 1 is 0.944 bits per heavy atom. The second-order valence-corrected chi connectivity index (χ2v) is 11.0. The number of hydrogen-bond acceptors (Lipinski definition) is 10. The summed E-state index contributed by atoms with van der Waals surface area (Å²) in [6.45, 7) is 4.22. The van der Waals surface area contributed by atoms with Crippen molar-refractivity contribution in [3.8, 4) is 22.4 Å². The van der Waals surface area contributed by atoms with E-state index in [1.807, 2.05) is 36.4 Å². The SMILES string of the molecule is CC1=Cc2sc(C3=NNC(c4cccc(-c5nnc(-c6nc7ccc(C)cc7s6)o5)c4)O3)nc2CC1. The molecule has 1 aliphatic carbocycles. The largest absolute Gasteiger partial charge is 0.445 e. The number of fused-ring (bicyclic) bond motifs is 2. The Morgan fingerprint density at radius 3 is 2.81 bits per heavy atom. The Kier molecular flexibility index (Phi) is 4.96. The molecule has 10 heteroatoms. The lowest BCUT2D eigenvalue weighted by Crippen LogP contribution is -2.12. The Labute approximate surface area is 214 Å². The minimum atomic E-state index is -0.423. The molecule has 7 rings (SSSR count). The van der Waals surface area contributed by atoms with Gasteiger partial charge in [-0.2, -0.15) is 0 Å². The number of hydrazone groups is 1. The third kappa shape index (κ3) is 3.78. The number of ether oxygens (including phenoxy) is 1. The summed E-state index contributed by atoms with van der Waals surface area (Å²) in [4.78, 5) is 10.6. The van der Waals surface area contributed by atoms with E-state index < -0.39 is 6.23 Å². The van der Waals surface area contributed by atoms with E-state index in [0.29, 0.717) is 22.7 Å². The molecule has 178 valence electrons. The minimum absolute atomic E-state index is 0.409. The predicted octanol–water partition coefficient (Wildman–Crippen LogP) is 6.11. The summed E-state index contributed by atoms with van der Waals surface area (Å²) in [5.74, 6) is 1.35. The van der Waals surface area contributed by atoms with Crippen molar-refractivity contribution in [1.29, 1.82) is 0 Å². The van der Waals surface area contributed by atoms with Gasteiger partial charge in [0.1, 0.15) is 0 Å². The van der Waals surface area contributed by atoms with E-state index in [-0.39, 0.29) is 0 Å². The number of rotatable bonds is 4. The highest BCUT2D eigenvalue weighted by molar-refractivity contribution is 7.21. The number of nitrogens with zero attached hydrogens (tertiary/aromatic N) is 5. The molecule has 0 radical (unpaired) electrons. The summed E-state index contributed by atoms with van der Waals surface area (Å²) in [5, 5.41) is 14.4. The standard InChI is InChI=1S/C26H20N6O2S2/c1-13-6-8-17-19(10-13)35-25(27-17)23-31-29-21(33-23)15-4-3-5-16(12-15)22-30-32-24(34-22)26-28-18-9-7-14(2)11-20(18)36-26/h3-6,8,10-12,22,30H,7,9H2,1-2H3. The summed E-state index contributed by atoms with van der Waals surface area (Å²) >= 11 is 3.16. The van der Waals surface area contributed by atoms with Crippen LogP contribution in [0.2, 0.25) is 0 Å². The first-order valence-corrected chi connectivity index (χ1v) is 13.2. The van der Waals surface area contributed by atoms with Gasteiger partial charge in [0.15, 0.2) is 10.0 Å². The first-order valence-electron chi connectivity index (χ1n) is 11.6. The number of benzene rings is 2. The van der Waals surface area contributed by atoms with E-state index in [1.165, 1.54) is 16.0 Å². The fourth-order valence-corrected chi connectivity index (χ4v) is 6.32. The smallest absolute Gasteiger partial charge is 0.277 e. The number of thiazole rings is 2. The van der Waals surface area contributed by atoms with E-state index in [1.54, 1.807) is 22.7 Å². The molecule has 1 unspecified atom stereocenters. The van der Waals surface area contributed by atoms with Crippen molar-refractivity contribution < 1.29 is 9.15 Å². The van der Waals surface area contributed by atoms with Gasteiger partial charge in [-0.3, -0.25) is 5.43 Å². The van der Waals surface area contributed by atoms with Crippen LogP contribution in [0.4, 0.5) is 0 Å². The number of hydrogen-bond donors (Lipinski definition) is 1. The maximum absolute atomic E-state index is 6.14. The van der Waals surface area contributed by atoms with E-state index in [0.717, 1.165) is 44.9 Å². The van der Waals surface area contributed by atoms with Crippen LogP contribution < -0.4 is 5.43 Å². The molecule has 1 aliphatic heterocycles. The molecule has 0 bridgehead atoms. The van der Waals surface area contributed by atoms with Crippen molar-refractivity contribution >= 4 is 44.9 Å². The van der Waals surface area contributed by atoms with Crippen molar-refractivity contribution in [1.82, 2.24) is 25.6 Å². The normalized spacial score (nSPS) is 16.9. The van der Waals surface area contributed by atoms with Crippen LogP contribution in [0.5, 0.6) is 0 Å². The molecule has 1 N–H and O–H groups in total. The molecular weight excluding hydrogens is 492 g/mol. The molecule has 4 heterocycles. The summed E-state index contributed by atoms with van der Waals surface area (Å²) < 4.78 is 13.2. The molecule has 8 nitrogen and oxygen atoms in total. The molecular formula is C26H20N6O2S2. The molecule has 36 heavy (non-hydrogen) atoms. The van der Waals surface area contributed by atoms with Gasteiger partial charge < -0.3 is 9.15 Å². The van der Waals surface area contributed by atoms with E-state index in [9.17, 15) is 0 Å². The number of aryl methyl sites for hydroxylation is 2. The molecule has 2 aliphatic rings.